The summed E-state index contributed by atoms with van der Waals surface area (Å²) >= 11 is 0. The van der Waals surface area contributed by atoms with Gasteiger partial charge in [-0.2, -0.15) is 17.5 Å². The summed E-state index contributed by atoms with van der Waals surface area (Å²) in [6, 6.07) is -0.770. The molecule has 4 nitrogen and oxygen atoms in total. The zero-order valence-corrected chi connectivity index (χ0v) is 15.6. The Kier molecular flexibility index (Phi) is 6.54. The van der Waals surface area contributed by atoms with Crippen molar-refractivity contribution in [1.82, 2.24) is 9.21 Å². The molecule has 0 aromatic carbocycles. The third-order valence-electron chi connectivity index (χ3n) is 3.74. The standard InChI is InChI=1S/C14H29F3N2O2S/c1-11(12(2,3)4)18(14(15,16)17)9-10-19(13(5,6)7)22(8,20)21/h11H,9-10H2,1-8H3. The van der Waals surface area contributed by atoms with Crippen LogP contribution >= 0.6 is 0 Å². The van der Waals surface area contributed by atoms with E-state index in [1.165, 1.54) is 6.92 Å². The maximum Gasteiger partial charge on any atom is 0.460 e. The van der Waals surface area contributed by atoms with Crippen molar-refractivity contribution in [1.29, 1.82) is 0 Å². The lowest BCUT2D eigenvalue weighted by Crippen LogP contribution is -2.55. The lowest BCUT2D eigenvalue weighted by Gasteiger charge is -2.41. The van der Waals surface area contributed by atoms with Crippen LogP contribution in [0.25, 0.3) is 0 Å². The van der Waals surface area contributed by atoms with Crippen molar-refractivity contribution in [2.75, 3.05) is 19.3 Å². The van der Waals surface area contributed by atoms with Crippen LogP contribution < -0.4 is 0 Å². The first-order valence-electron chi connectivity index (χ1n) is 7.19. The molecule has 22 heavy (non-hydrogen) atoms. The van der Waals surface area contributed by atoms with Crippen LogP contribution in [0.3, 0.4) is 0 Å². The fourth-order valence-electron chi connectivity index (χ4n) is 2.20. The van der Waals surface area contributed by atoms with E-state index in [1.807, 2.05) is 0 Å². The molecular formula is C14H29F3N2O2S. The lowest BCUT2D eigenvalue weighted by atomic mass is 9.87. The summed E-state index contributed by atoms with van der Waals surface area (Å²) in [7, 11) is -3.59. The van der Waals surface area contributed by atoms with Crippen molar-refractivity contribution in [2.45, 2.75) is 66.3 Å². The largest absolute Gasteiger partial charge is 0.460 e. The van der Waals surface area contributed by atoms with Gasteiger partial charge in [-0.3, -0.25) is 0 Å². The predicted molar refractivity (Wildman–Crippen MR) is 83.0 cm³/mol. The van der Waals surface area contributed by atoms with Crippen molar-refractivity contribution in [3.8, 4) is 0 Å². The molecule has 0 rings (SSSR count). The van der Waals surface area contributed by atoms with E-state index < -0.39 is 39.9 Å². The Morgan fingerprint density at radius 1 is 0.955 bits per heavy atom. The molecule has 0 saturated heterocycles. The van der Waals surface area contributed by atoms with E-state index >= 15 is 0 Å². The zero-order valence-electron chi connectivity index (χ0n) is 14.7. The Labute approximate surface area is 132 Å². The molecule has 0 aliphatic rings. The summed E-state index contributed by atoms with van der Waals surface area (Å²) in [5.74, 6) is 0. The quantitative estimate of drug-likeness (QED) is 0.717. The molecule has 0 amide bonds. The molecule has 8 heteroatoms. The average molecular weight is 346 g/mol. The minimum atomic E-state index is -4.51. The number of hydrogen-bond acceptors (Lipinski definition) is 3. The number of hydrogen-bond donors (Lipinski definition) is 0. The second kappa shape index (κ2) is 6.65. The van der Waals surface area contributed by atoms with Crippen molar-refractivity contribution in [3.63, 3.8) is 0 Å². The summed E-state index contributed by atoms with van der Waals surface area (Å²) in [5.41, 5.74) is -1.34. The van der Waals surface area contributed by atoms with Gasteiger partial charge in [-0.1, -0.05) is 20.8 Å². The number of sulfonamides is 1. The van der Waals surface area contributed by atoms with Gasteiger partial charge in [-0.25, -0.2) is 13.3 Å². The Balaban J connectivity index is 5.36. The van der Waals surface area contributed by atoms with Crippen LogP contribution in [0.4, 0.5) is 13.2 Å². The highest BCUT2D eigenvalue weighted by atomic mass is 32.2. The van der Waals surface area contributed by atoms with Crippen LogP contribution in [-0.2, 0) is 10.0 Å². The minimum absolute atomic E-state index is 0.206. The number of halogens is 3. The summed E-state index contributed by atoms with van der Waals surface area (Å²) < 4.78 is 64.7. The molecule has 0 bridgehead atoms. The zero-order chi connectivity index (χ0) is 18.1. The molecule has 0 saturated carbocycles. The van der Waals surface area contributed by atoms with Gasteiger partial charge in [0.2, 0.25) is 10.0 Å². The molecule has 0 aromatic rings. The van der Waals surface area contributed by atoms with E-state index in [0.717, 1.165) is 10.6 Å². The van der Waals surface area contributed by atoms with Gasteiger partial charge in [0.1, 0.15) is 0 Å². The third-order valence-corrected chi connectivity index (χ3v) is 5.27. The molecule has 1 unspecified atom stereocenters. The van der Waals surface area contributed by atoms with Crippen molar-refractivity contribution in [3.05, 3.63) is 0 Å². The average Bonchev–Trinajstić information content (AvgIpc) is 2.16. The van der Waals surface area contributed by atoms with E-state index in [-0.39, 0.29) is 6.54 Å². The molecule has 0 spiro atoms. The van der Waals surface area contributed by atoms with Gasteiger partial charge < -0.3 is 0 Å². The van der Waals surface area contributed by atoms with E-state index in [4.69, 9.17) is 0 Å². The topological polar surface area (TPSA) is 40.6 Å². The highest BCUT2D eigenvalue weighted by molar-refractivity contribution is 7.88. The van der Waals surface area contributed by atoms with Crippen LogP contribution in [0.1, 0.15) is 48.5 Å². The van der Waals surface area contributed by atoms with Crippen molar-refractivity contribution in [2.24, 2.45) is 5.41 Å². The molecule has 0 N–H and O–H groups in total. The van der Waals surface area contributed by atoms with Crippen molar-refractivity contribution >= 4 is 10.0 Å². The number of alkyl halides is 3. The van der Waals surface area contributed by atoms with Gasteiger partial charge in [0.05, 0.1) is 6.26 Å². The first kappa shape index (κ1) is 21.7. The summed E-state index contributed by atoms with van der Waals surface area (Å²) in [6.07, 6.45) is -3.49. The van der Waals surface area contributed by atoms with E-state index in [0.29, 0.717) is 4.90 Å². The predicted octanol–water partition coefficient (Wildman–Crippen LogP) is 3.30. The van der Waals surface area contributed by atoms with Crippen LogP contribution in [0.15, 0.2) is 0 Å². The molecule has 0 heterocycles. The van der Waals surface area contributed by atoms with E-state index in [9.17, 15) is 21.6 Å². The van der Waals surface area contributed by atoms with Gasteiger partial charge in [-0.05, 0) is 33.1 Å². The molecule has 0 aliphatic carbocycles. The maximum atomic E-state index is 13.3. The van der Waals surface area contributed by atoms with Crippen LogP contribution in [0, 0.1) is 5.41 Å². The Morgan fingerprint density at radius 2 is 1.36 bits per heavy atom. The fourth-order valence-corrected chi connectivity index (χ4v) is 3.61. The van der Waals surface area contributed by atoms with Crippen LogP contribution in [0.5, 0.6) is 0 Å². The monoisotopic (exact) mass is 346 g/mol. The first-order chi connectivity index (χ1) is 9.38. The van der Waals surface area contributed by atoms with E-state index in [2.05, 4.69) is 0 Å². The highest BCUT2D eigenvalue weighted by Crippen LogP contribution is 2.32. The summed E-state index contributed by atoms with van der Waals surface area (Å²) in [5, 5.41) is 0. The third kappa shape index (κ3) is 6.42. The van der Waals surface area contributed by atoms with Gasteiger partial charge in [0, 0.05) is 24.7 Å². The Hall–Kier alpha value is -0.340. The van der Waals surface area contributed by atoms with Gasteiger partial charge in [-0.15, -0.1) is 0 Å². The SMILES string of the molecule is CC(N(CCN(C(C)(C)C)S(C)(=O)=O)C(F)(F)F)C(C)(C)C. The molecular weight excluding hydrogens is 317 g/mol. The highest BCUT2D eigenvalue weighted by Gasteiger charge is 2.44. The lowest BCUT2D eigenvalue weighted by molar-refractivity contribution is -0.265. The molecule has 0 radical (unpaired) electrons. The number of nitrogens with zero attached hydrogens (tertiary/aromatic N) is 2. The van der Waals surface area contributed by atoms with Crippen molar-refractivity contribution < 1.29 is 21.6 Å². The molecule has 1 atom stereocenters. The Morgan fingerprint density at radius 3 is 1.59 bits per heavy atom. The molecule has 0 aromatic heterocycles. The summed E-state index contributed by atoms with van der Waals surface area (Å²) in [4.78, 5) is 0.414. The molecule has 0 aliphatic heterocycles. The van der Waals surface area contributed by atoms with Gasteiger partial charge in [0.15, 0.2) is 0 Å². The maximum absolute atomic E-state index is 13.3. The minimum Gasteiger partial charge on any atom is -0.212 e. The smallest absolute Gasteiger partial charge is 0.212 e. The van der Waals surface area contributed by atoms with Gasteiger partial charge >= 0.3 is 6.30 Å². The van der Waals surface area contributed by atoms with Crippen LogP contribution in [-0.4, -0.2) is 54.8 Å². The second-order valence-electron chi connectivity index (χ2n) is 7.71. The van der Waals surface area contributed by atoms with Crippen LogP contribution in [0.2, 0.25) is 0 Å². The Bertz CT molecular complexity index is 462. The van der Waals surface area contributed by atoms with Gasteiger partial charge in [0.25, 0.3) is 0 Å². The summed E-state index contributed by atoms with van der Waals surface area (Å²) in [6.45, 7) is 11.1. The van der Waals surface area contributed by atoms with E-state index in [1.54, 1.807) is 41.5 Å². The molecule has 134 valence electrons. The number of rotatable bonds is 5. The first-order valence-corrected chi connectivity index (χ1v) is 9.04. The second-order valence-corrected chi connectivity index (χ2v) is 9.62. The fraction of sp³-hybridized carbons (Fsp3) is 1.00. The normalized spacial score (nSPS) is 16.4. The molecule has 0 fully saturated rings.